The van der Waals surface area contributed by atoms with Gasteiger partial charge in [-0.2, -0.15) is 0 Å². The molecule has 0 N–H and O–H groups in total. The van der Waals surface area contributed by atoms with Gasteiger partial charge >= 0.3 is 0 Å². The lowest BCUT2D eigenvalue weighted by Gasteiger charge is -2.06. The predicted molar refractivity (Wildman–Crippen MR) is 59.3 cm³/mol. The van der Waals surface area contributed by atoms with E-state index in [1.165, 1.54) is 16.2 Å². The molecule has 0 bridgehead atoms. The van der Waals surface area contributed by atoms with Crippen molar-refractivity contribution in [2.45, 2.75) is 20.3 Å². The van der Waals surface area contributed by atoms with E-state index in [0.717, 1.165) is 6.42 Å². The van der Waals surface area contributed by atoms with Crippen molar-refractivity contribution in [3.63, 3.8) is 0 Å². The first kappa shape index (κ1) is 11.6. The second kappa shape index (κ2) is 6.18. The Balaban J connectivity index is 0.000000561. The number of rotatable bonds is 1. The quantitative estimate of drug-likeness (QED) is 0.617. The van der Waals surface area contributed by atoms with E-state index in [2.05, 4.69) is 17.7 Å². The number of allylic oxidation sites excluding steroid dienone is 1. The van der Waals surface area contributed by atoms with Crippen molar-refractivity contribution in [2.75, 3.05) is 19.8 Å². The molecule has 1 nitrogen and oxygen atoms in total. The minimum atomic E-state index is 1.16. The molecule has 1 aliphatic heterocycles. The van der Waals surface area contributed by atoms with Crippen LogP contribution in [0.2, 0.25) is 0 Å². The lowest BCUT2D eigenvalue weighted by molar-refractivity contribution is 0.562. The SMILES string of the molecule is C=C1CCS/C1=C/N(C)C.CC. The van der Waals surface area contributed by atoms with Gasteiger partial charge in [0.15, 0.2) is 0 Å². The maximum Gasteiger partial charge on any atom is 0.0257 e. The van der Waals surface area contributed by atoms with Crippen molar-refractivity contribution in [2.24, 2.45) is 0 Å². The molecule has 1 heterocycles. The van der Waals surface area contributed by atoms with E-state index >= 15 is 0 Å². The zero-order valence-electron chi connectivity index (χ0n) is 8.55. The molecule has 70 valence electrons. The molecule has 2 heteroatoms. The molecule has 0 spiro atoms. The van der Waals surface area contributed by atoms with Crippen molar-refractivity contribution in [1.29, 1.82) is 0 Å². The molecule has 1 rings (SSSR count). The van der Waals surface area contributed by atoms with Gasteiger partial charge in [-0.3, -0.25) is 0 Å². The van der Waals surface area contributed by atoms with Crippen LogP contribution in [-0.2, 0) is 0 Å². The predicted octanol–water partition coefficient (Wildman–Crippen LogP) is 3.11. The Morgan fingerprint density at radius 2 is 2.00 bits per heavy atom. The summed E-state index contributed by atoms with van der Waals surface area (Å²) in [5.41, 5.74) is 1.29. The molecule has 0 amide bonds. The van der Waals surface area contributed by atoms with Gasteiger partial charge in [0.25, 0.3) is 0 Å². The number of nitrogens with zero attached hydrogens (tertiary/aromatic N) is 1. The zero-order valence-corrected chi connectivity index (χ0v) is 9.37. The van der Waals surface area contributed by atoms with Crippen molar-refractivity contribution < 1.29 is 0 Å². The molecule has 0 unspecified atom stereocenters. The largest absolute Gasteiger partial charge is 0.383 e. The molecule has 0 radical (unpaired) electrons. The fraction of sp³-hybridized carbons (Fsp3) is 0.600. The average Bonchev–Trinajstić information content (AvgIpc) is 2.40. The highest BCUT2D eigenvalue weighted by Gasteiger charge is 2.11. The first-order valence-electron chi connectivity index (χ1n) is 4.39. The van der Waals surface area contributed by atoms with Crippen LogP contribution in [-0.4, -0.2) is 24.7 Å². The third-order valence-corrected chi connectivity index (χ3v) is 2.50. The maximum atomic E-state index is 3.97. The molecule has 0 saturated carbocycles. The van der Waals surface area contributed by atoms with E-state index in [9.17, 15) is 0 Å². The van der Waals surface area contributed by atoms with Crippen molar-refractivity contribution in [1.82, 2.24) is 4.90 Å². The lowest BCUT2D eigenvalue weighted by Crippen LogP contribution is -2.01. The molecule has 0 aromatic rings. The first-order chi connectivity index (χ1) is 5.70. The summed E-state index contributed by atoms with van der Waals surface area (Å²) in [5.74, 6) is 1.21. The molecule has 1 fully saturated rings. The third-order valence-electron chi connectivity index (χ3n) is 1.39. The zero-order chi connectivity index (χ0) is 9.56. The summed E-state index contributed by atoms with van der Waals surface area (Å²) in [6.45, 7) is 7.97. The molecule has 0 atom stereocenters. The standard InChI is InChI=1S/C8H13NS.C2H6/c1-7-4-5-10-8(7)6-9(2)3;1-2/h6H,1,4-5H2,2-3H3;1-2H3/b8-6+;. The summed E-state index contributed by atoms with van der Waals surface area (Å²) in [6, 6.07) is 0. The van der Waals surface area contributed by atoms with Crippen LogP contribution >= 0.6 is 11.8 Å². The second-order valence-electron chi connectivity index (χ2n) is 2.66. The number of hydrogen-bond acceptors (Lipinski definition) is 2. The summed E-state index contributed by atoms with van der Waals surface area (Å²) >= 11 is 1.90. The number of thioether (sulfide) groups is 1. The summed E-state index contributed by atoms with van der Waals surface area (Å²) in [7, 11) is 4.08. The molecule has 0 aromatic carbocycles. The van der Waals surface area contributed by atoms with Crippen molar-refractivity contribution >= 4 is 11.8 Å². The highest BCUT2D eigenvalue weighted by Crippen LogP contribution is 2.34. The normalized spacial score (nSPS) is 19.0. The van der Waals surface area contributed by atoms with E-state index in [0.29, 0.717) is 0 Å². The van der Waals surface area contributed by atoms with Crippen LogP contribution in [0.1, 0.15) is 20.3 Å². The molecule has 1 aliphatic rings. The average molecular weight is 185 g/mol. The van der Waals surface area contributed by atoms with E-state index in [1.54, 1.807) is 0 Å². The van der Waals surface area contributed by atoms with Gasteiger partial charge in [0.1, 0.15) is 0 Å². The minimum absolute atomic E-state index is 1.16. The third kappa shape index (κ3) is 3.86. The summed E-state index contributed by atoms with van der Waals surface area (Å²) in [5, 5.41) is 0. The fourth-order valence-corrected chi connectivity index (χ4v) is 2.03. The van der Waals surface area contributed by atoms with Gasteiger partial charge in [-0.05, 0) is 12.0 Å². The van der Waals surface area contributed by atoms with Crippen LogP contribution in [0.4, 0.5) is 0 Å². The Labute approximate surface area is 80.5 Å². The van der Waals surface area contributed by atoms with Gasteiger partial charge in [0.2, 0.25) is 0 Å². The monoisotopic (exact) mass is 185 g/mol. The van der Waals surface area contributed by atoms with Gasteiger partial charge in [-0.1, -0.05) is 20.4 Å². The van der Waals surface area contributed by atoms with Gasteiger partial charge in [-0.15, -0.1) is 11.8 Å². The lowest BCUT2D eigenvalue weighted by atomic mass is 10.2. The van der Waals surface area contributed by atoms with Crippen LogP contribution in [0.25, 0.3) is 0 Å². The topological polar surface area (TPSA) is 3.24 Å². The highest BCUT2D eigenvalue weighted by atomic mass is 32.2. The van der Waals surface area contributed by atoms with E-state index in [-0.39, 0.29) is 0 Å². The van der Waals surface area contributed by atoms with Crippen LogP contribution in [0, 0.1) is 0 Å². The molecule has 12 heavy (non-hydrogen) atoms. The van der Waals surface area contributed by atoms with Gasteiger partial charge in [-0.25, -0.2) is 0 Å². The van der Waals surface area contributed by atoms with Crippen molar-refractivity contribution in [3.8, 4) is 0 Å². The minimum Gasteiger partial charge on any atom is -0.383 e. The van der Waals surface area contributed by atoms with Gasteiger partial charge < -0.3 is 4.90 Å². The molecule has 0 aromatic heterocycles. The first-order valence-corrected chi connectivity index (χ1v) is 5.38. The van der Waals surface area contributed by atoms with Gasteiger partial charge in [0, 0.05) is 31.0 Å². The summed E-state index contributed by atoms with van der Waals surface area (Å²) in [4.78, 5) is 3.42. The Hall–Kier alpha value is -0.370. The second-order valence-corrected chi connectivity index (χ2v) is 3.80. The van der Waals surface area contributed by atoms with Gasteiger partial charge in [0.05, 0.1) is 0 Å². The Morgan fingerprint density at radius 1 is 1.42 bits per heavy atom. The van der Waals surface area contributed by atoms with Crippen LogP contribution in [0.5, 0.6) is 0 Å². The van der Waals surface area contributed by atoms with Crippen LogP contribution in [0.15, 0.2) is 23.3 Å². The molecule has 1 saturated heterocycles. The van der Waals surface area contributed by atoms with E-state index in [1.807, 2.05) is 39.7 Å². The number of hydrogen-bond donors (Lipinski definition) is 0. The Kier molecular flexibility index (Phi) is 5.99. The summed E-state index contributed by atoms with van der Waals surface area (Å²) in [6.07, 6.45) is 3.30. The smallest absolute Gasteiger partial charge is 0.0257 e. The van der Waals surface area contributed by atoms with Crippen LogP contribution in [0.3, 0.4) is 0 Å². The summed E-state index contributed by atoms with van der Waals surface area (Å²) < 4.78 is 0. The Morgan fingerprint density at radius 3 is 2.33 bits per heavy atom. The molecule has 0 aliphatic carbocycles. The maximum absolute atomic E-state index is 3.97. The molecular formula is C10H19NS. The van der Waals surface area contributed by atoms with Crippen molar-refractivity contribution in [3.05, 3.63) is 23.3 Å². The fourth-order valence-electron chi connectivity index (χ4n) is 0.873. The highest BCUT2D eigenvalue weighted by molar-refractivity contribution is 8.03. The van der Waals surface area contributed by atoms with E-state index < -0.39 is 0 Å². The molecular weight excluding hydrogens is 166 g/mol. The van der Waals surface area contributed by atoms with E-state index in [4.69, 9.17) is 0 Å². The van der Waals surface area contributed by atoms with Crippen LogP contribution < -0.4 is 0 Å². The Bertz CT molecular complexity index is 171.